The summed E-state index contributed by atoms with van der Waals surface area (Å²) in [5.41, 5.74) is 6.58. The molecule has 15 heavy (non-hydrogen) atoms. The second kappa shape index (κ2) is 3.10. The van der Waals surface area contributed by atoms with Gasteiger partial charge in [0.1, 0.15) is 0 Å². The van der Waals surface area contributed by atoms with Crippen LogP contribution in [0, 0.1) is 0 Å². The van der Waals surface area contributed by atoms with E-state index in [2.05, 4.69) is 22.7 Å². The molecule has 0 saturated carbocycles. The van der Waals surface area contributed by atoms with Crippen LogP contribution in [0.25, 0.3) is 21.4 Å². The molecule has 3 nitrogen and oxygen atoms in total. The topological polar surface area (TPSA) is 52.0 Å². The molecule has 74 valence electrons. The van der Waals surface area contributed by atoms with Crippen molar-refractivity contribution in [2.45, 2.75) is 0 Å². The number of hydrogen-bond donors (Lipinski definition) is 1. The van der Waals surface area contributed by atoms with E-state index >= 15 is 0 Å². The molecule has 0 aliphatic heterocycles. The summed E-state index contributed by atoms with van der Waals surface area (Å²) in [4.78, 5) is 0. The van der Waals surface area contributed by atoms with Crippen molar-refractivity contribution in [1.82, 2.24) is 5.16 Å². The molecule has 2 heterocycles. The van der Waals surface area contributed by atoms with Gasteiger partial charge in [0.15, 0.2) is 11.6 Å². The van der Waals surface area contributed by atoms with Gasteiger partial charge in [0.25, 0.3) is 0 Å². The quantitative estimate of drug-likeness (QED) is 0.679. The van der Waals surface area contributed by atoms with Crippen LogP contribution in [0.1, 0.15) is 0 Å². The Balaban J connectivity index is 2.27. The van der Waals surface area contributed by atoms with Crippen LogP contribution in [0.2, 0.25) is 0 Å². The van der Waals surface area contributed by atoms with Crippen LogP contribution in [-0.4, -0.2) is 5.16 Å². The highest BCUT2D eigenvalue weighted by Gasteiger charge is 2.10. The van der Waals surface area contributed by atoms with Crippen LogP contribution < -0.4 is 5.73 Å². The number of aromatic nitrogens is 1. The first-order valence-corrected chi connectivity index (χ1v) is 5.41. The van der Waals surface area contributed by atoms with E-state index in [1.165, 1.54) is 10.1 Å². The Morgan fingerprint density at radius 3 is 2.93 bits per heavy atom. The first kappa shape index (κ1) is 8.49. The Labute approximate surface area is 90.1 Å². The number of hydrogen-bond acceptors (Lipinski definition) is 4. The number of anilines is 1. The third-order valence-corrected chi connectivity index (χ3v) is 3.24. The van der Waals surface area contributed by atoms with E-state index in [1.54, 1.807) is 17.4 Å². The van der Waals surface area contributed by atoms with Crippen molar-refractivity contribution >= 4 is 27.2 Å². The summed E-state index contributed by atoms with van der Waals surface area (Å²) >= 11 is 1.69. The van der Waals surface area contributed by atoms with E-state index in [4.69, 9.17) is 10.3 Å². The Morgan fingerprint density at radius 1 is 1.27 bits per heavy atom. The number of benzene rings is 1. The lowest BCUT2D eigenvalue weighted by molar-refractivity contribution is 0.436. The summed E-state index contributed by atoms with van der Waals surface area (Å²) < 4.78 is 6.39. The molecule has 0 bridgehead atoms. The zero-order valence-corrected chi connectivity index (χ0v) is 8.62. The Bertz CT molecular complexity index is 612. The molecule has 0 spiro atoms. The molecule has 1 aromatic carbocycles. The fraction of sp³-hybridized carbons (Fsp3) is 0. The maximum absolute atomic E-state index is 5.53. The zero-order valence-electron chi connectivity index (χ0n) is 7.81. The van der Waals surface area contributed by atoms with E-state index in [1.807, 2.05) is 12.1 Å². The highest BCUT2D eigenvalue weighted by atomic mass is 32.1. The average molecular weight is 216 g/mol. The van der Waals surface area contributed by atoms with Crippen molar-refractivity contribution in [2.75, 3.05) is 5.73 Å². The molecule has 3 rings (SSSR count). The van der Waals surface area contributed by atoms with E-state index in [0.717, 1.165) is 11.3 Å². The molecule has 0 amide bonds. The van der Waals surface area contributed by atoms with Gasteiger partial charge in [-0.15, -0.1) is 11.3 Å². The van der Waals surface area contributed by atoms with E-state index in [9.17, 15) is 0 Å². The lowest BCUT2D eigenvalue weighted by atomic mass is 10.1. The van der Waals surface area contributed by atoms with Gasteiger partial charge in [-0.1, -0.05) is 23.4 Å². The first-order chi connectivity index (χ1) is 7.34. The Hall–Kier alpha value is -1.81. The molecule has 2 N–H and O–H groups in total. The SMILES string of the molecule is Nc1cc(-c2csc3ccccc23)on1. The average Bonchev–Trinajstić information content (AvgIpc) is 2.83. The van der Waals surface area contributed by atoms with Gasteiger partial charge < -0.3 is 10.3 Å². The maximum Gasteiger partial charge on any atom is 0.170 e. The van der Waals surface area contributed by atoms with Crippen LogP contribution in [0.15, 0.2) is 40.2 Å². The lowest BCUT2D eigenvalue weighted by Crippen LogP contribution is -1.79. The fourth-order valence-electron chi connectivity index (χ4n) is 1.58. The van der Waals surface area contributed by atoms with Crippen molar-refractivity contribution < 1.29 is 4.52 Å². The second-order valence-electron chi connectivity index (χ2n) is 3.26. The molecule has 3 aromatic rings. The zero-order chi connectivity index (χ0) is 10.3. The molecule has 0 fully saturated rings. The van der Waals surface area contributed by atoms with Crippen LogP contribution >= 0.6 is 11.3 Å². The standard InChI is InChI=1S/C11H8N2OS/c12-11-5-9(14-13-11)8-6-15-10-4-2-1-3-7(8)10/h1-6H,(H2,12,13). The summed E-state index contributed by atoms with van der Waals surface area (Å²) in [5, 5.41) is 6.93. The Morgan fingerprint density at radius 2 is 2.13 bits per heavy atom. The molecule has 0 radical (unpaired) electrons. The van der Waals surface area contributed by atoms with Gasteiger partial charge in [-0.3, -0.25) is 0 Å². The number of nitrogen functional groups attached to an aromatic ring is 1. The molecule has 0 saturated heterocycles. The molecule has 0 aliphatic carbocycles. The first-order valence-electron chi connectivity index (χ1n) is 4.53. The largest absolute Gasteiger partial charge is 0.381 e. The maximum atomic E-state index is 5.53. The van der Waals surface area contributed by atoms with Crippen LogP contribution in [0.4, 0.5) is 5.82 Å². The van der Waals surface area contributed by atoms with Crippen molar-refractivity contribution in [1.29, 1.82) is 0 Å². The molecule has 0 aliphatic rings. The monoisotopic (exact) mass is 216 g/mol. The summed E-state index contributed by atoms with van der Waals surface area (Å²) in [7, 11) is 0. The van der Waals surface area contributed by atoms with Gasteiger partial charge in [0, 0.05) is 27.1 Å². The number of nitrogens with zero attached hydrogens (tertiary/aromatic N) is 1. The van der Waals surface area contributed by atoms with Crippen molar-refractivity contribution in [2.24, 2.45) is 0 Å². The second-order valence-corrected chi connectivity index (χ2v) is 4.17. The number of nitrogens with two attached hydrogens (primary N) is 1. The minimum absolute atomic E-state index is 0.417. The minimum Gasteiger partial charge on any atom is -0.381 e. The van der Waals surface area contributed by atoms with E-state index < -0.39 is 0 Å². The lowest BCUT2D eigenvalue weighted by Gasteiger charge is -1.91. The fourth-order valence-corrected chi connectivity index (χ4v) is 2.53. The smallest absolute Gasteiger partial charge is 0.170 e. The highest BCUT2D eigenvalue weighted by Crippen LogP contribution is 2.34. The number of thiophene rings is 1. The van der Waals surface area contributed by atoms with Crippen molar-refractivity contribution in [3.63, 3.8) is 0 Å². The minimum atomic E-state index is 0.417. The molecular formula is C11H8N2OS. The Kier molecular flexibility index (Phi) is 1.76. The van der Waals surface area contributed by atoms with Crippen molar-refractivity contribution in [3.8, 4) is 11.3 Å². The van der Waals surface area contributed by atoms with Gasteiger partial charge in [-0.05, 0) is 6.07 Å². The predicted octanol–water partition coefficient (Wildman–Crippen LogP) is 3.14. The van der Waals surface area contributed by atoms with Gasteiger partial charge in [-0.25, -0.2) is 0 Å². The highest BCUT2D eigenvalue weighted by molar-refractivity contribution is 7.17. The van der Waals surface area contributed by atoms with Crippen LogP contribution in [0.3, 0.4) is 0 Å². The van der Waals surface area contributed by atoms with E-state index in [0.29, 0.717) is 5.82 Å². The summed E-state index contributed by atoms with van der Waals surface area (Å²) in [6, 6.07) is 9.94. The third-order valence-electron chi connectivity index (χ3n) is 2.27. The summed E-state index contributed by atoms with van der Waals surface area (Å²) in [6.07, 6.45) is 0. The van der Waals surface area contributed by atoms with Gasteiger partial charge in [0.05, 0.1) is 0 Å². The third kappa shape index (κ3) is 1.30. The van der Waals surface area contributed by atoms with Crippen molar-refractivity contribution in [3.05, 3.63) is 35.7 Å². The molecule has 0 atom stereocenters. The molecule has 0 unspecified atom stereocenters. The van der Waals surface area contributed by atoms with Gasteiger partial charge in [0.2, 0.25) is 0 Å². The molecular weight excluding hydrogens is 208 g/mol. The van der Waals surface area contributed by atoms with E-state index in [-0.39, 0.29) is 0 Å². The number of fused-ring (bicyclic) bond motifs is 1. The molecule has 4 heteroatoms. The number of rotatable bonds is 1. The summed E-state index contributed by atoms with van der Waals surface area (Å²) in [6.45, 7) is 0. The van der Waals surface area contributed by atoms with Crippen LogP contribution in [0.5, 0.6) is 0 Å². The molecule has 2 aromatic heterocycles. The normalized spacial score (nSPS) is 10.9. The van der Waals surface area contributed by atoms with Gasteiger partial charge >= 0.3 is 0 Å². The van der Waals surface area contributed by atoms with Crippen LogP contribution in [-0.2, 0) is 0 Å². The summed E-state index contributed by atoms with van der Waals surface area (Å²) in [5.74, 6) is 1.14. The predicted molar refractivity (Wildman–Crippen MR) is 61.7 cm³/mol. The van der Waals surface area contributed by atoms with Gasteiger partial charge in [-0.2, -0.15) is 0 Å².